The predicted molar refractivity (Wildman–Crippen MR) is 132 cm³/mol. The normalized spacial score (nSPS) is 16.6. The minimum absolute atomic E-state index is 0.0399. The Morgan fingerprint density at radius 2 is 1.56 bits per heavy atom. The van der Waals surface area contributed by atoms with Gasteiger partial charge in [0.1, 0.15) is 11.6 Å². The summed E-state index contributed by atoms with van der Waals surface area (Å²) in [6, 6.07) is 6.70. The second kappa shape index (κ2) is 10.3. The summed E-state index contributed by atoms with van der Waals surface area (Å²) in [5, 5.41) is 3.08. The lowest BCUT2D eigenvalue weighted by Gasteiger charge is -2.27. The molecular formula is C26H24F6N6O. The van der Waals surface area contributed by atoms with Crippen LogP contribution in [0.5, 0.6) is 0 Å². The molecule has 2 aromatic heterocycles. The third kappa shape index (κ3) is 5.91. The first-order valence-electron chi connectivity index (χ1n) is 12.4. The molecule has 0 aliphatic carbocycles. The van der Waals surface area contributed by atoms with E-state index < -0.39 is 23.5 Å². The molecule has 0 amide bonds. The number of piperidine rings is 1. The first kappa shape index (κ1) is 26.7. The van der Waals surface area contributed by atoms with E-state index in [1.807, 2.05) is 0 Å². The lowest BCUT2D eigenvalue weighted by molar-refractivity contribution is -0.138. The summed E-state index contributed by atoms with van der Waals surface area (Å²) in [5.41, 5.74) is -0.0330. The summed E-state index contributed by atoms with van der Waals surface area (Å²) in [6.07, 6.45) is -6.11. The van der Waals surface area contributed by atoms with Crippen LogP contribution in [0.2, 0.25) is 0 Å². The number of ketones is 1. The fraction of sp³-hybridized carbons (Fsp3) is 0.385. The monoisotopic (exact) mass is 550 g/mol. The SMILES string of the molecule is O=C1CCCN(c2nc3c(c(Nc4ccc(C(F)(F)F)cc4)n2)CCN(c2ncccc2C(F)(F)F)CC3)C1. The summed E-state index contributed by atoms with van der Waals surface area (Å²) in [5.74, 6) is 0.494. The van der Waals surface area contributed by atoms with Gasteiger partial charge < -0.3 is 15.1 Å². The molecule has 3 aromatic rings. The van der Waals surface area contributed by atoms with Crippen LogP contribution in [-0.4, -0.2) is 46.9 Å². The second-order valence-electron chi connectivity index (χ2n) is 9.42. The minimum Gasteiger partial charge on any atom is -0.355 e. The molecule has 7 nitrogen and oxygen atoms in total. The van der Waals surface area contributed by atoms with Gasteiger partial charge in [-0.3, -0.25) is 4.79 Å². The van der Waals surface area contributed by atoms with Crippen molar-refractivity contribution in [2.45, 2.75) is 38.0 Å². The van der Waals surface area contributed by atoms with E-state index in [4.69, 9.17) is 0 Å². The standard InChI is InChI=1S/C26H24F6N6O/c27-25(28,29)16-5-7-17(8-6-16)34-22-19-9-13-37(23-20(26(30,31)32)4-1-11-33-23)14-10-21(19)35-24(36-22)38-12-2-3-18(39)15-38/h1,4-8,11H,2-3,9-10,12-15H2,(H,34,35,36). The number of carbonyl (C=O) groups is 1. The Balaban J connectivity index is 1.49. The molecule has 0 bridgehead atoms. The molecule has 0 spiro atoms. The van der Waals surface area contributed by atoms with Crippen LogP contribution in [-0.2, 0) is 30.0 Å². The first-order chi connectivity index (χ1) is 18.5. The number of pyridine rings is 1. The van der Waals surface area contributed by atoms with Gasteiger partial charge in [-0.2, -0.15) is 31.3 Å². The number of rotatable bonds is 4. The van der Waals surface area contributed by atoms with Crippen molar-refractivity contribution in [3.63, 3.8) is 0 Å². The smallest absolute Gasteiger partial charge is 0.355 e. The zero-order valence-electron chi connectivity index (χ0n) is 20.6. The molecule has 0 saturated carbocycles. The van der Waals surface area contributed by atoms with Crippen molar-refractivity contribution in [3.05, 3.63) is 65.0 Å². The van der Waals surface area contributed by atoms with Crippen LogP contribution in [0.3, 0.4) is 0 Å². The quantitative estimate of drug-likeness (QED) is 0.435. The van der Waals surface area contributed by atoms with Crippen molar-refractivity contribution in [1.29, 1.82) is 0 Å². The Kier molecular flexibility index (Phi) is 7.08. The van der Waals surface area contributed by atoms with Gasteiger partial charge in [-0.1, -0.05) is 0 Å². The first-order valence-corrected chi connectivity index (χ1v) is 12.4. The Hall–Kier alpha value is -3.90. The number of Topliss-reactive ketones (excluding diaryl/α,β-unsaturated/α-hetero) is 1. The van der Waals surface area contributed by atoms with Crippen LogP contribution in [0.15, 0.2) is 42.6 Å². The maximum absolute atomic E-state index is 13.7. The maximum atomic E-state index is 13.7. The number of benzene rings is 1. The molecule has 1 N–H and O–H groups in total. The van der Waals surface area contributed by atoms with Crippen molar-refractivity contribution in [2.24, 2.45) is 0 Å². The number of halogens is 6. The van der Waals surface area contributed by atoms with E-state index in [1.54, 1.807) is 9.80 Å². The Labute approximate surface area is 219 Å². The summed E-state index contributed by atoms with van der Waals surface area (Å²) >= 11 is 0. The molecule has 206 valence electrons. The molecule has 4 heterocycles. The molecule has 1 aromatic carbocycles. The summed E-state index contributed by atoms with van der Waals surface area (Å²) in [7, 11) is 0. The lowest BCUT2D eigenvalue weighted by atomic mass is 10.1. The molecule has 2 aliphatic rings. The number of aromatic nitrogens is 3. The minimum atomic E-state index is -4.58. The molecule has 0 radical (unpaired) electrons. The number of hydrogen-bond donors (Lipinski definition) is 1. The Bertz CT molecular complexity index is 1360. The molecule has 0 unspecified atom stereocenters. The predicted octanol–water partition coefficient (Wildman–Crippen LogP) is 5.43. The molecule has 1 saturated heterocycles. The molecule has 2 aliphatic heterocycles. The summed E-state index contributed by atoms with van der Waals surface area (Å²) < 4.78 is 80.1. The third-order valence-electron chi connectivity index (χ3n) is 6.73. The highest BCUT2D eigenvalue weighted by atomic mass is 19.4. The fourth-order valence-electron chi connectivity index (χ4n) is 4.80. The van der Waals surface area contributed by atoms with Gasteiger partial charge in [-0.05, 0) is 49.2 Å². The van der Waals surface area contributed by atoms with Crippen molar-refractivity contribution in [2.75, 3.05) is 41.3 Å². The number of anilines is 4. The van der Waals surface area contributed by atoms with Crippen molar-refractivity contribution in [3.8, 4) is 0 Å². The van der Waals surface area contributed by atoms with Crippen molar-refractivity contribution < 1.29 is 31.1 Å². The van der Waals surface area contributed by atoms with E-state index in [-0.39, 0.29) is 44.1 Å². The number of nitrogens with zero attached hydrogens (tertiary/aromatic N) is 5. The van der Waals surface area contributed by atoms with Crippen molar-refractivity contribution >= 4 is 29.1 Å². The van der Waals surface area contributed by atoms with Gasteiger partial charge >= 0.3 is 12.4 Å². The van der Waals surface area contributed by atoms with Gasteiger partial charge in [0.25, 0.3) is 0 Å². The Morgan fingerprint density at radius 1 is 0.821 bits per heavy atom. The van der Waals surface area contributed by atoms with Gasteiger partial charge in [0.15, 0.2) is 5.78 Å². The Morgan fingerprint density at radius 3 is 2.26 bits per heavy atom. The molecular weight excluding hydrogens is 526 g/mol. The number of nitrogens with one attached hydrogen (secondary N) is 1. The zero-order valence-corrected chi connectivity index (χ0v) is 20.6. The summed E-state index contributed by atoms with van der Waals surface area (Å²) in [6.45, 7) is 1.09. The molecule has 39 heavy (non-hydrogen) atoms. The van der Waals surface area contributed by atoms with Crippen LogP contribution in [0, 0.1) is 0 Å². The van der Waals surface area contributed by atoms with Crippen LogP contribution in [0.1, 0.15) is 35.2 Å². The molecule has 0 atom stereocenters. The van der Waals surface area contributed by atoms with Crippen LogP contribution < -0.4 is 15.1 Å². The van der Waals surface area contributed by atoms with Crippen LogP contribution >= 0.6 is 0 Å². The fourth-order valence-corrected chi connectivity index (χ4v) is 4.80. The topological polar surface area (TPSA) is 74.2 Å². The maximum Gasteiger partial charge on any atom is 0.419 e. The van der Waals surface area contributed by atoms with E-state index in [2.05, 4.69) is 20.3 Å². The molecule has 5 rings (SSSR count). The zero-order chi connectivity index (χ0) is 27.8. The highest BCUT2D eigenvalue weighted by molar-refractivity contribution is 5.84. The number of carbonyl (C=O) groups excluding carboxylic acids is 1. The second-order valence-corrected chi connectivity index (χ2v) is 9.42. The average Bonchev–Trinajstić information content (AvgIpc) is 3.11. The third-order valence-corrected chi connectivity index (χ3v) is 6.73. The van der Waals surface area contributed by atoms with Gasteiger partial charge in [0, 0.05) is 49.9 Å². The molecule has 1 fully saturated rings. The van der Waals surface area contributed by atoms with Crippen molar-refractivity contribution in [1.82, 2.24) is 15.0 Å². The van der Waals surface area contributed by atoms with Gasteiger partial charge in [0.05, 0.1) is 23.4 Å². The van der Waals surface area contributed by atoms with Crippen LogP contribution in [0.4, 0.5) is 49.6 Å². The van der Waals surface area contributed by atoms with E-state index in [0.717, 1.165) is 18.2 Å². The van der Waals surface area contributed by atoms with Gasteiger partial charge in [-0.25, -0.2) is 9.97 Å². The van der Waals surface area contributed by atoms with Gasteiger partial charge in [-0.15, -0.1) is 0 Å². The highest BCUT2D eigenvalue weighted by Gasteiger charge is 2.36. The number of alkyl halides is 6. The highest BCUT2D eigenvalue weighted by Crippen LogP contribution is 2.37. The number of hydrogen-bond acceptors (Lipinski definition) is 7. The largest absolute Gasteiger partial charge is 0.419 e. The van der Waals surface area contributed by atoms with E-state index in [9.17, 15) is 31.1 Å². The van der Waals surface area contributed by atoms with Gasteiger partial charge in [0.2, 0.25) is 5.95 Å². The molecule has 13 heteroatoms. The van der Waals surface area contributed by atoms with E-state index in [0.29, 0.717) is 48.1 Å². The van der Waals surface area contributed by atoms with E-state index >= 15 is 0 Å². The summed E-state index contributed by atoms with van der Waals surface area (Å²) in [4.78, 5) is 28.7. The lowest BCUT2D eigenvalue weighted by Crippen LogP contribution is -2.37. The van der Waals surface area contributed by atoms with E-state index in [1.165, 1.54) is 24.4 Å². The average molecular weight is 551 g/mol. The van der Waals surface area contributed by atoms with Crippen LogP contribution in [0.25, 0.3) is 0 Å². The number of fused-ring (bicyclic) bond motifs is 1.